The summed E-state index contributed by atoms with van der Waals surface area (Å²) in [4.78, 5) is 2.43. The van der Waals surface area contributed by atoms with E-state index in [-0.39, 0.29) is 12.4 Å². The van der Waals surface area contributed by atoms with Gasteiger partial charge in [-0.1, -0.05) is 48.5 Å². The standard InChI is InChI=1S/C16H17NO.ClH/c1-2-6-14(7-3-1)12-17-10-11-18-16-9-5-4-8-15(16)13-17;/h1-9H,10-13H2;1H. The van der Waals surface area contributed by atoms with Crippen molar-refractivity contribution in [3.63, 3.8) is 0 Å². The highest BCUT2D eigenvalue weighted by atomic mass is 35.5. The van der Waals surface area contributed by atoms with Crippen molar-refractivity contribution in [2.45, 2.75) is 13.1 Å². The molecular weight excluding hydrogens is 258 g/mol. The Bertz CT molecular complexity index is 515. The minimum atomic E-state index is 0. The molecule has 0 aliphatic carbocycles. The van der Waals surface area contributed by atoms with Crippen LogP contribution in [0.3, 0.4) is 0 Å². The number of hydrogen-bond donors (Lipinski definition) is 0. The molecule has 0 unspecified atom stereocenters. The maximum Gasteiger partial charge on any atom is 0.123 e. The van der Waals surface area contributed by atoms with Gasteiger partial charge in [0.1, 0.15) is 12.4 Å². The lowest BCUT2D eigenvalue weighted by Crippen LogP contribution is -2.25. The van der Waals surface area contributed by atoms with Gasteiger partial charge in [-0.2, -0.15) is 0 Å². The van der Waals surface area contributed by atoms with E-state index < -0.39 is 0 Å². The zero-order chi connectivity index (χ0) is 12.2. The Kier molecular flexibility index (Phi) is 4.83. The Balaban J connectivity index is 0.00000133. The summed E-state index contributed by atoms with van der Waals surface area (Å²) in [6.45, 7) is 3.69. The van der Waals surface area contributed by atoms with E-state index >= 15 is 0 Å². The van der Waals surface area contributed by atoms with E-state index in [1.54, 1.807) is 0 Å². The fourth-order valence-electron chi connectivity index (χ4n) is 2.36. The first-order valence-electron chi connectivity index (χ1n) is 6.39. The van der Waals surface area contributed by atoms with E-state index in [4.69, 9.17) is 4.74 Å². The highest BCUT2D eigenvalue weighted by molar-refractivity contribution is 5.85. The van der Waals surface area contributed by atoms with E-state index in [2.05, 4.69) is 53.4 Å². The minimum Gasteiger partial charge on any atom is -0.492 e. The fourth-order valence-corrected chi connectivity index (χ4v) is 2.36. The van der Waals surface area contributed by atoms with Gasteiger partial charge in [-0.3, -0.25) is 4.90 Å². The first kappa shape index (κ1) is 13.9. The van der Waals surface area contributed by atoms with Gasteiger partial charge in [-0.25, -0.2) is 0 Å². The zero-order valence-corrected chi connectivity index (χ0v) is 11.6. The quantitative estimate of drug-likeness (QED) is 0.832. The molecule has 0 saturated carbocycles. The molecule has 19 heavy (non-hydrogen) atoms. The van der Waals surface area contributed by atoms with Gasteiger partial charge in [0.05, 0.1) is 0 Å². The van der Waals surface area contributed by atoms with Crippen LogP contribution >= 0.6 is 12.4 Å². The molecule has 0 atom stereocenters. The SMILES string of the molecule is Cl.c1ccc(CN2CCOc3ccccc3C2)cc1. The number of fused-ring (bicyclic) bond motifs is 1. The highest BCUT2D eigenvalue weighted by Crippen LogP contribution is 2.23. The minimum absolute atomic E-state index is 0. The van der Waals surface area contributed by atoms with Crippen LogP contribution in [-0.4, -0.2) is 18.1 Å². The molecule has 2 aromatic rings. The predicted molar refractivity (Wildman–Crippen MR) is 79.7 cm³/mol. The molecule has 0 bridgehead atoms. The van der Waals surface area contributed by atoms with Crippen LogP contribution in [0.15, 0.2) is 54.6 Å². The lowest BCUT2D eigenvalue weighted by atomic mass is 10.1. The van der Waals surface area contributed by atoms with Crippen LogP contribution in [-0.2, 0) is 13.1 Å². The molecule has 0 fully saturated rings. The lowest BCUT2D eigenvalue weighted by Gasteiger charge is -2.19. The summed E-state index contributed by atoms with van der Waals surface area (Å²) in [5.41, 5.74) is 2.64. The maximum atomic E-state index is 5.77. The van der Waals surface area contributed by atoms with Gasteiger partial charge >= 0.3 is 0 Å². The van der Waals surface area contributed by atoms with E-state index in [1.165, 1.54) is 11.1 Å². The van der Waals surface area contributed by atoms with Crippen molar-refractivity contribution in [2.75, 3.05) is 13.2 Å². The summed E-state index contributed by atoms with van der Waals surface area (Å²) < 4.78 is 5.77. The van der Waals surface area contributed by atoms with Crippen LogP contribution < -0.4 is 4.74 Å². The van der Waals surface area contributed by atoms with Crippen molar-refractivity contribution in [3.8, 4) is 5.75 Å². The average Bonchev–Trinajstić information content (AvgIpc) is 2.61. The number of rotatable bonds is 2. The molecule has 0 spiro atoms. The molecule has 0 aromatic heterocycles. The molecule has 0 amide bonds. The van der Waals surface area contributed by atoms with Crippen molar-refractivity contribution in [1.82, 2.24) is 4.90 Å². The van der Waals surface area contributed by atoms with Crippen molar-refractivity contribution >= 4 is 12.4 Å². The molecule has 1 heterocycles. The molecule has 3 heteroatoms. The summed E-state index contributed by atoms with van der Waals surface area (Å²) >= 11 is 0. The van der Waals surface area contributed by atoms with Gasteiger partial charge in [0.25, 0.3) is 0 Å². The third-order valence-electron chi connectivity index (χ3n) is 3.28. The predicted octanol–water partition coefficient (Wildman–Crippen LogP) is 3.50. The van der Waals surface area contributed by atoms with Gasteiger partial charge < -0.3 is 4.74 Å². The first-order chi connectivity index (χ1) is 8.92. The number of para-hydroxylation sites is 1. The first-order valence-corrected chi connectivity index (χ1v) is 6.39. The van der Waals surface area contributed by atoms with Gasteiger partial charge in [0.15, 0.2) is 0 Å². The molecule has 2 aromatic carbocycles. The highest BCUT2D eigenvalue weighted by Gasteiger charge is 2.14. The van der Waals surface area contributed by atoms with Crippen LogP contribution in [0, 0.1) is 0 Å². The van der Waals surface area contributed by atoms with Crippen molar-refractivity contribution in [3.05, 3.63) is 65.7 Å². The number of ether oxygens (including phenoxy) is 1. The summed E-state index contributed by atoms with van der Waals surface area (Å²) in [7, 11) is 0. The van der Waals surface area contributed by atoms with E-state index in [1.807, 2.05) is 6.07 Å². The van der Waals surface area contributed by atoms with Crippen molar-refractivity contribution < 1.29 is 4.74 Å². The number of hydrogen-bond acceptors (Lipinski definition) is 2. The summed E-state index contributed by atoms with van der Waals surface area (Å²) in [6.07, 6.45) is 0. The van der Waals surface area contributed by atoms with Gasteiger partial charge in [0.2, 0.25) is 0 Å². The second-order valence-electron chi connectivity index (χ2n) is 4.65. The second-order valence-corrected chi connectivity index (χ2v) is 4.65. The molecule has 1 aliphatic heterocycles. The maximum absolute atomic E-state index is 5.77. The number of halogens is 1. The van der Waals surface area contributed by atoms with Crippen LogP contribution in [0.2, 0.25) is 0 Å². The third-order valence-corrected chi connectivity index (χ3v) is 3.28. The molecule has 0 radical (unpaired) electrons. The van der Waals surface area contributed by atoms with Crippen LogP contribution in [0.1, 0.15) is 11.1 Å². The molecule has 3 rings (SSSR count). The summed E-state index contributed by atoms with van der Waals surface area (Å²) in [5, 5.41) is 0. The van der Waals surface area contributed by atoms with Crippen LogP contribution in [0.5, 0.6) is 5.75 Å². The van der Waals surface area contributed by atoms with Crippen LogP contribution in [0.25, 0.3) is 0 Å². The van der Waals surface area contributed by atoms with Gasteiger partial charge in [-0.15, -0.1) is 12.4 Å². The third kappa shape index (κ3) is 3.49. The van der Waals surface area contributed by atoms with Crippen molar-refractivity contribution in [2.24, 2.45) is 0 Å². The monoisotopic (exact) mass is 275 g/mol. The molecule has 2 nitrogen and oxygen atoms in total. The Morgan fingerprint density at radius 2 is 1.68 bits per heavy atom. The van der Waals surface area contributed by atoms with E-state index in [0.29, 0.717) is 0 Å². The Morgan fingerprint density at radius 1 is 0.947 bits per heavy atom. The van der Waals surface area contributed by atoms with E-state index in [0.717, 1.165) is 32.0 Å². The lowest BCUT2D eigenvalue weighted by molar-refractivity contribution is 0.219. The molecular formula is C16H18ClNO. The Labute approximate surface area is 120 Å². The fraction of sp³-hybridized carbons (Fsp3) is 0.250. The van der Waals surface area contributed by atoms with Crippen LogP contribution in [0.4, 0.5) is 0 Å². The molecule has 100 valence electrons. The summed E-state index contributed by atoms with van der Waals surface area (Å²) in [6, 6.07) is 18.9. The van der Waals surface area contributed by atoms with E-state index in [9.17, 15) is 0 Å². The topological polar surface area (TPSA) is 12.5 Å². The van der Waals surface area contributed by atoms with Gasteiger partial charge in [-0.05, 0) is 11.6 Å². The molecule has 0 N–H and O–H groups in total. The Hall–Kier alpha value is -1.51. The molecule has 1 aliphatic rings. The Morgan fingerprint density at radius 3 is 2.53 bits per heavy atom. The van der Waals surface area contributed by atoms with Gasteiger partial charge in [0, 0.05) is 25.2 Å². The zero-order valence-electron chi connectivity index (χ0n) is 10.8. The van der Waals surface area contributed by atoms with Crippen molar-refractivity contribution in [1.29, 1.82) is 0 Å². The second kappa shape index (κ2) is 6.60. The molecule has 0 saturated heterocycles. The number of benzene rings is 2. The number of nitrogens with zero attached hydrogens (tertiary/aromatic N) is 1. The normalized spacial score (nSPS) is 14.7. The summed E-state index contributed by atoms with van der Waals surface area (Å²) in [5.74, 6) is 1.04. The average molecular weight is 276 g/mol. The largest absolute Gasteiger partial charge is 0.492 e. The smallest absolute Gasteiger partial charge is 0.123 e.